The molecule has 1 unspecified atom stereocenters. The monoisotopic (exact) mass is 312 g/mol. The average molecular weight is 313 g/mol. The van der Waals surface area contributed by atoms with E-state index in [1.807, 2.05) is 0 Å². The van der Waals surface area contributed by atoms with Gasteiger partial charge in [-0.25, -0.2) is 8.78 Å². The highest BCUT2D eigenvalue weighted by Crippen LogP contribution is 2.34. The minimum atomic E-state index is -1.72. The summed E-state index contributed by atoms with van der Waals surface area (Å²) in [4.78, 5) is 0. The summed E-state index contributed by atoms with van der Waals surface area (Å²) in [6.45, 7) is 1.37. The molecule has 0 aliphatic carbocycles. The van der Waals surface area contributed by atoms with Crippen LogP contribution in [0.5, 0.6) is 0 Å². The van der Waals surface area contributed by atoms with Crippen molar-refractivity contribution in [3.63, 3.8) is 0 Å². The van der Waals surface area contributed by atoms with Gasteiger partial charge < -0.3 is 5.11 Å². The Bertz CT molecular complexity index is 582. The first-order valence-corrected chi connectivity index (χ1v) is 6.15. The fourth-order valence-corrected chi connectivity index (χ4v) is 2.25. The lowest BCUT2D eigenvalue weighted by Gasteiger charge is -2.25. The Balaban J connectivity index is 2.62. The molecule has 2 rings (SSSR count). The van der Waals surface area contributed by atoms with Gasteiger partial charge in [0.05, 0.1) is 4.47 Å². The van der Waals surface area contributed by atoms with Crippen LogP contribution in [0.25, 0.3) is 0 Å². The zero-order chi connectivity index (χ0) is 13.3. The largest absolute Gasteiger partial charge is 0.380 e. The molecule has 4 heteroatoms. The summed E-state index contributed by atoms with van der Waals surface area (Å²) in [5.41, 5.74) is -1.65. The number of halogens is 3. The van der Waals surface area contributed by atoms with E-state index in [4.69, 9.17) is 0 Å². The van der Waals surface area contributed by atoms with Gasteiger partial charge in [-0.15, -0.1) is 0 Å². The van der Waals surface area contributed by atoms with Crippen LogP contribution >= 0.6 is 15.9 Å². The quantitative estimate of drug-likeness (QED) is 0.889. The van der Waals surface area contributed by atoms with Crippen LogP contribution in [0.2, 0.25) is 0 Å². The Morgan fingerprint density at radius 3 is 2.28 bits per heavy atom. The number of hydrogen-bond acceptors (Lipinski definition) is 1. The van der Waals surface area contributed by atoms with Crippen LogP contribution in [-0.4, -0.2) is 5.11 Å². The summed E-state index contributed by atoms with van der Waals surface area (Å²) >= 11 is 3.05. The molecule has 94 valence electrons. The van der Waals surface area contributed by atoms with Gasteiger partial charge in [-0.05, 0) is 35.0 Å². The smallest absolute Gasteiger partial charge is 0.143 e. The molecule has 1 N–H and O–H groups in total. The SMILES string of the molecule is CC(O)(c1ccccc1F)c1cccc(Br)c1F. The fourth-order valence-electron chi connectivity index (χ4n) is 1.88. The van der Waals surface area contributed by atoms with Crippen LogP contribution in [-0.2, 0) is 5.60 Å². The summed E-state index contributed by atoms with van der Waals surface area (Å²) in [7, 11) is 0. The molecule has 0 bridgehead atoms. The third kappa shape index (κ3) is 2.18. The van der Waals surface area contributed by atoms with Crippen LogP contribution < -0.4 is 0 Å². The summed E-state index contributed by atoms with van der Waals surface area (Å²) in [5, 5.41) is 10.4. The normalized spacial score (nSPS) is 14.3. The number of aliphatic hydroxyl groups is 1. The Kier molecular flexibility index (Phi) is 3.50. The second-order valence-corrected chi connectivity index (χ2v) is 5.01. The third-order valence-electron chi connectivity index (χ3n) is 2.87. The van der Waals surface area contributed by atoms with E-state index in [9.17, 15) is 13.9 Å². The van der Waals surface area contributed by atoms with E-state index in [-0.39, 0.29) is 15.6 Å². The van der Waals surface area contributed by atoms with E-state index in [0.717, 1.165) is 0 Å². The molecule has 18 heavy (non-hydrogen) atoms. The van der Waals surface area contributed by atoms with E-state index in [1.54, 1.807) is 12.1 Å². The first-order chi connectivity index (χ1) is 8.44. The molecule has 0 saturated carbocycles. The zero-order valence-electron chi connectivity index (χ0n) is 9.62. The van der Waals surface area contributed by atoms with Gasteiger partial charge in [0.15, 0.2) is 0 Å². The molecular formula is C14H11BrF2O. The van der Waals surface area contributed by atoms with Gasteiger partial charge in [-0.1, -0.05) is 30.3 Å². The van der Waals surface area contributed by atoms with Crippen LogP contribution in [0.15, 0.2) is 46.9 Å². The van der Waals surface area contributed by atoms with Gasteiger partial charge in [0.25, 0.3) is 0 Å². The van der Waals surface area contributed by atoms with Crippen LogP contribution in [0.1, 0.15) is 18.1 Å². The summed E-state index contributed by atoms with van der Waals surface area (Å²) in [5.74, 6) is -1.16. The van der Waals surface area contributed by atoms with Crippen molar-refractivity contribution < 1.29 is 13.9 Å². The highest BCUT2D eigenvalue weighted by Gasteiger charge is 2.31. The third-order valence-corrected chi connectivity index (χ3v) is 3.49. The van der Waals surface area contributed by atoms with E-state index in [0.29, 0.717) is 0 Å². The van der Waals surface area contributed by atoms with Crippen molar-refractivity contribution in [2.75, 3.05) is 0 Å². The maximum absolute atomic E-state index is 14.0. The molecule has 0 radical (unpaired) electrons. The van der Waals surface area contributed by atoms with Gasteiger partial charge in [-0.3, -0.25) is 0 Å². The van der Waals surface area contributed by atoms with Gasteiger partial charge in [0.1, 0.15) is 17.2 Å². The Hall–Kier alpha value is -1.26. The van der Waals surface area contributed by atoms with E-state index in [1.165, 1.54) is 37.3 Å². The molecule has 0 aliphatic rings. The molecule has 1 nitrogen and oxygen atoms in total. The maximum atomic E-state index is 14.0. The number of rotatable bonds is 2. The van der Waals surface area contributed by atoms with Gasteiger partial charge >= 0.3 is 0 Å². The Morgan fingerprint density at radius 2 is 1.61 bits per heavy atom. The molecule has 0 aromatic heterocycles. The Morgan fingerprint density at radius 1 is 1.00 bits per heavy atom. The standard InChI is InChI=1S/C14H11BrF2O/c1-14(18,9-5-2-3-8-12(9)16)10-6-4-7-11(15)13(10)17/h2-8,18H,1H3. The summed E-state index contributed by atoms with van der Waals surface area (Å²) < 4.78 is 27.9. The lowest BCUT2D eigenvalue weighted by molar-refractivity contribution is 0.0936. The van der Waals surface area contributed by atoms with Crippen LogP contribution in [0, 0.1) is 11.6 Å². The molecular weight excluding hydrogens is 302 g/mol. The van der Waals surface area contributed by atoms with Crippen LogP contribution in [0.3, 0.4) is 0 Å². The fraction of sp³-hybridized carbons (Fsp3) is 0.143. The lowest BCUT2D eigenvalue weighted by atomic mass is 9.87. The van der Waals surface area contributed by atoms with Crippen molar-refractivity contribution in [3.05, 3.63) is 69.7 Å². The number of benzene rings is 2. The maximum Gasteiger partial charge on any atom is 0.143 e. The molecule has 0 heterocycles. The summed E-state index contributed by atoms with van der Waals surface area (Å²) in [6.07, 6.45) is 0. The number of hydrogen-bond donors (Lipinski definition) is 1. The Labute approximate surface area is 112 Å². The zero-order valence-corrected chi connectivity index (χ0v) is 11.2. The highest BCUT2D eigenvalue weighted by atomic mass is 79.9. The average Bonchev–Trinajstić information content (AvgIpc) is 2.32. The van der Waals surface area contributed by atoms with Crippen molar-refractivity contribution in [2.45, 2.75) is 12.5 Å². The van der Waals surface area contributed by atoms with Gasteiger partial charge in [-0.2, -0.15) is 0 Å². The lowest BCUT2D eigenvalue weighted by Crippen LogP contribution is -2.25. The van der Waals surface area contributed by atoms with Crippen molar-refractivity contribution >= 4 is 15.9 Å². The second-order valence-electron chi connectivity index (χ2n) is 4.15. The van der Waals surface area contributed by atoms with Crippen molar-refractivity contribution in [3.8, 4) is 0 Å². The van der Waals surface area contributed by atoms with Crippen molar-refractivity contribution in [1.82, 2.24) is 0 Å². The minimum absolute atomic E-state index is 0.0296. The second kappa shape index (κ2) is 4.78. The molecule has 2 aromatic rings. The molecule has 0 fully saturated rings. The summed E-state index contributed by atoms with van der Waals surface area (Å²) in [6, 6.07) is 10.4. The van der Waals surface area contributed by atoms with Crippen molar-refractivity contribution in [2.24, 2.45) is 0 Å². The van der Waals surface area contributed by atoms with E-state index >= 15 is 0 Å². The predicted octanol–water partition coefficient (Wildman–Crippen LogP) is 3.98. The molecule has 0 saturated heterocycles. The predicted molar refractivity (Wildman–Crippen MR) is 69.2 cm³/mol. The topological polar surface area (TPSA) is 20.2 Å². The minimum Gasteiger partial charge on any atom is -0.380 e. The molecule has 0 amide bonds. The van der Waals surface area contributed by atoms with Crippen LogP contribution in [0.4, 0.5) is 8.78 Å². The molecule has 2 aromatic carbocycles. The van der Waals surface area contributed by atoms with Crippen molar-refractivity contribution in [1.29, 1.82) is 0 Å². The van der Waals surface area contributed by atoms with E-state index in [2.05, 4.69) is 15.9 Å². The molecule has 0 aliphatic heterocycles. The first-order valence-electron chi connectivity index (χ1n) is 5.36. The van der Waals surface area contributed by atoms with Gasteiger partial charge in [0, 0.05) is 11.1 Å². The molecule has 1 atom stereocenters. The first kappa shape index (κ1) is 13.2. The van der Waals surface area contributed by atoms with Gasteiger partial charge in [0.2, 0.25) is 0 Å². The molecule has 0 spiro atoms. The van der Waals surface area contributed by atoms with E-state index < -0.39 is 17.2 Å². The highest BCUT2D eigenvalue weighted by molar-refractivity contribution is 9.10.